The number of ketones is 2. The predicted octanol–water partition coefficient (Wildman–Crippen LogP) is 4.93. The fourth-order valence-electron chi connectivity index (χ4n) is 9.03. The Kier molecular flexibility index (Phi) is 10.6. The van der Waals surface area contributed by atoms with Crippen molar-refractivity contribution in [2.24, 2.45) is 29.1 Å². The Bertz CT molecular complexity index is 1230. The molecule has 0 amide bonds. The number of aliphatic hydroxyl groups excluding tert-OH is 1. The topological polar surface area (TPSA) is 147 Å². The zero-order chi connectivity index (χ0) is 33.4. The van der Waals surface area contributed by atoms with Crippen LogP contribution in [0, 0.1) is 29.1 Å². The van der Waals surface area contributed by atoms with Crippen molar-refractivity contribution >= 4 is 23.5 Å². The third-order valence-electron chi connectivity index (χ3n) is 11.4. The first kappa shape index (κ1) is 35.5. The molecule has 0 saturated heterocycles. The number of aliphatic hydroxyl groups is 3. The van der Waals surface area contributed by atoms with Crippen LogP contribution in [0.4, 0.5) is 0 Å². The van der Waals surface area contributed by atoms with E-state index < -0.39 is 82.1 Å². The van der Waals surface area contributed by atoms with Crippen LogP contribution in [0.25, 0.3) is 0 Å². The van der Waals surface area contributed by atoms with Gasteiger partial charge in [0.25, 0.3) is 0 Å². The van der Waals surface area contributed by atoms with Gasteiger partial charge in [-0.2, -0.15) is 0 Å². The lowest BCUT2D eigenvalue weighted by Crippen LogP contribution is -2.67. The molecule has 0 unspecified atom stereocenters. The molecule has 252 valence electrons. The number of hydrogen-bond acceptors (Lipinski definition) is 9. The standard InChI is InChI=1S/C36H54O9/c1-7-8-9-10-11-12-13-14-15-16-17-18-27(39)44-32-23(3)35(43)26-19-22(2)31(41)34(26,42)20-25(21-37)29(40)28(35)30-33(5,6)36(30,32)45-24(4)38/h19-20,23,26,28,30,32,37,42-43H,7-18,21H2,1-6H3/t23-,26-,28+,30-,32-,34-,35+,36-/m1/s1. The van der Waals surface area contributed by atoms with Crippen LogP contribution >= 0.6 is 0 Å². The van der Waals surface area contributed by atoms with Gasteiger partial charge in [0.05, 0.1) is 18.1 Å². The lowest BCUT2D eigenvalue weighted by molar-refractivity contribution is -0.229. The van der Waals surface area contributed by atoms with Crippen molar-refractivity contribution in [2.75, 3.05) is 6.61 Å². The van der Waals surface area contributed by atoms with Crippen molar-refractivity contribution in [3.05, 3.63) is 23.3 Å². The molecule has 0 aromatic rings. The van der Waals surface area contributed by atoms with E-state index in [-0.39, 0.29) is 17.6 Å². The van der Waals surface area contributed by atoms with Crippen LogP contribution in [0.3, 0.4) is 0 Å². The van der Waals surface area contributed by atoms with E-state index in [2.05, 4.69) is 6.92 Å². The van der Waals surface area contributed by atoms with E-state index in [9.17, 15) is 34.5 Å². The van der Waals surface area contributed by atoms with Crippen molar-refractivity contribution < 1.29 is 44.0 Å². The van der Waals surface area contributed by atoms with Crippen LogP contribution in [-0.2, 0) is 28.7 Å². The quantitative estimate of drug-likeness (QED) is 0.169. The monoisotopic (exact) mass is 630 g/mol. The van der Waals surface area contributed by atoms with Gasteiger partial charge in [0, 0.05) is 42.1 Å². The lowest BCUT2D eigenvalue weighted by atomic mass is 9.58. The van der Waals surface area contributed by atoms with Gasteiger partial charge in [-0.15, -0.1) is 0 Å². The molecule has 4 aliphatic carbocycles. The SMILES string of the molecule is CCCCCCCCCCCCCC(=O)O[C@@H]1[C@@H](C)[C@@]2(O)[C@@H](C(=O)C(CO)=C[C@]3(O)C(=O)C(C)=C[C@@H]23)[C@@H]2C(C)(C)[C@]12OC(C)=O. The average molecular weight is 631 g/mol. The minimum absolute atomic E-state index is 0.156. The van der Waals surface area contributed by atoms with Crippen LogP contribution in [0.1, 0.15) is 119 Å². The maximum atomic E-state index is 14.1. The highest BCUT2D eigenvalue weighted by molar-refractivity contribution is 6.09. The van der Waals surface area contributed by atoms with E-state index in [1.165, 1.54) is 64.9 Å². The number of Topliss-reactive ketones (excluding diaryl/α,β-unsaturated/α-hetero) is 2. The summed E-state index contributed by atoms with van der Waals surface area (Å²) >= 11 is 0. The highest BCUT2D eigenvalue weighted by Crippen LogP contribution is 2.77. The summed E-state index contributed by atoms with van der Waals surface area (Å²) in [7, 11) is 0. The van der Waals surface area contributed by atoms with Gasteiger partial charge in [-0.1, -0.05) is 98.0 Å². The minimum atomic E-state index is -2.26. The Labute approximate surface area is 267 Å². The maximum Gasteiger partial charge on any atom is 0.306 e. The first-order chi connectivity index (χ1) is 21.2. The molecule has 9 nitrogen and oxygen atoms in total. The number of carbonyl (C=O) groups is 4. The van der Waals surface area contributed by atoms with Crippen LogP contribution in [0.5, 0.6) is 0 Å². The lowest BCUT2D eigenvalue weighted by Gasteiger charge is -2.52. The van der Waals surface area contributed by atoms with E-state index in [0.29, 0.717) is 6.42 Å². The zero-order valence-electron chi connectivity index (χ0n) is 28.0. The summed E-state index contributed by atoms with van der Waals surface area (Å²) in [6.07, 6.45) is 14.1. The molecule has 0 aromatic heterocycles. The normalized spacial score (nSPS) is 36.2. The van der Waals surface area contributed by atoms with Crippen molar-refractivity contribution in [1.82, 2.24) is 0 Å². The molecule has 8 atom stereocenters. The molecule has 45 heavy (non-hydrogen) atoms. The van der Waals surface area contributed by atoms with Crippen molar-refractivity contribution in [3.8, 4) is 0 Å². The van der Waals surface area contributed by atoms with Crippen molar-refractivity contribution in [2.45, 2.75) is 141 Å². The number of fused-ring (bicyclic) bond motifs is 5. The number of carbonyl (C=O) groups excluding carboxylic acids is 4. The first-order valence-corrected chi connectivity index (χ1v) is 17.1. The van der Waals surface area contributed by atoms with Crippen LogP contribution in [-0.4, -0.2) is 68.3 Å². The molecule has 0 radical (unpaired) electrons. The molecule has 2 saturated carbocycles. The van der Waals surface area contributed by atoms with E-state index in [4.69, 9.17) is 9.47 Å². The molecule has 0 heterocycles. The summed E-state index contributed by atoms with van der Waals surface area (Å²) in [6, 6.07) is 0. The maximum absolute atomic E-state index is 14.1. The van der Waals surface area contributed by atoms with E-state index in [0.717, 1.165) is 25.3 Å². The molecule has 2 fully saturated rings. The summed E-state index contributed by atoms with van der Waals surface area (Å²) in [5.41, 5.74) is -6.61. The Hall–Kier alpha value is -2.36. The number of ether oxygens (including phenoxy) is 2. The second-order valence-electron chi connectivity index (χ2n) is 14.6. The van der Waals surface area contributed by atoms with Crippen LogP contribution < -0.4 is 0 Å². The first-order valence-electron chi connectivity index (χ1n) is 17.1. The second kappa shape index (κ2) is 13.4. The van der Waals surface area contributed by atoms with Gasteiger partial charge in [-0.05, 0) is 25.0 Å². The van der Waals surface area contributed by atoms with Gasteiger partial charge in [0.1, 0.15) is 6.10 Å². The molecule has 4 aliphatic rings. The van der Waals surface area contributed by atoms with Crippen LogP contribution in [0.15, 0.2) is 23.3 Å². The van der Waals surface area contributed by atoms with Crippen molar-refractivity contribution in [3.63, 3.8) is 0 Å². The number of rotatable bonds is 15. The molecule has 0 bridgehead atoms. The van der Waals surface area contributed by atoms with Gasteiger partial charge in [-0.25, -0.2) is 0 Å². The Morgan fingerprint density at radius 1 is 0.933 bits per heavy atom. The fraction of sp³-hybridized carbons (Fsp3) is 0.778. The Morgan fingerprint density at radius 3 is 2.02 bits per heavy atom. The molecule has 4 rings (SSSR count). The fourth-order valence-corrected chi connectivity index (χ4v) is 9.03. The molecule has 0 aromatic carbocycles. The molecule has 3 N–H and O–H groups in total. The van der Waals surface area contributed by atoms with Gasteiger partial charge >= 0.3 is 11.9 Å². The Balaban J connectivity index is 1.54. The summed E-state index contributed by atoms with van der Waals surface area (Å²) < 4.78 is 12.1. The summed E-state index contributed by atoms with van der Waals surface area (Å²) in [5.74, 6) is -6.70. The summed E-state index contributed by atoms with van der Waals surface area (Å²) in [4.78, 5) is 53.2. The molecule has 0 spiro atoms. The third kappa shape index (κ3) is 5.86. The van der Waals surface area contributed by atoms with Gasteiger partial charge in [-0.3, -0.25) is 19.2 Å². The predicted molar refractivity (Wildman–Crippen MR) is 168 cm³/mol. The smallest absolute Gasteiger partial charge is 0.306 e. The number of unbranched alkanes of at least 4 members (excludes halogenated alkanes) is 10. The number of hydrogen-bond donors (Lipinski definition) is 3. The molecule has 0 aliphatic heterocycles. The van der Waals surface area contributed by atoms with Crippen LogP contribution in [0.2, 0.25) is 0 Å². The molecule has 9 heteroatoms. The zero-order valence-corrected chi connectivity index (χ0v) is 28.0. The van der Waals surface area contributed by atoms with E-state index in [1.54, 1.807) is 20.8 Å². The van der Waals surface area contributed by atoms with E-state index in [1.807, 2.05) is 0 Å². The minimum Gasteiger partial charge on any atom is -0.458 e. The molecular formula is C36H54O9. The second-order valence-corrected chi connectivity index (χ2v) is 14.6. The highest BCUT2D eigenvalue weighted by Gasteiger charge is 2.89. The summed E-state index contributed by atoms with van der Waals surface area (Å²) in [5, 5.41) is 34.6. The third-order valence-corrected chi connectivity index (χ3v) is 11.4. The van der Waals surface area contributed by atoms with Gasteiger partial charge < -0.3 is 24.8 Å². The molecular weight excluding hydrogens is 576 g/mol. The van der Waals surface area contributed by atoms with Gasteiger partial charge in [0.15, 0.2) is 22.8 Å². The average Bonchev–Trinajstić information content (AvgIpc) is 3.38. The van der Waals surface area contributed by atoms with E-state index >= 15 is 0 Å². The largest absolute Gasteiger partial charge is 0.458 e. The highest BCUT2D eigenvalue weighted by atomic mass is 16.6. The van der Waals surface area contributed by atoms with Gasteiger partial charge in [0.2, 0.25) is 0 Å². The number of esters is 2. The summed E-state index contributed by atoms with van der Waals surface area (Å²) in [6.45, 7) is 9.48. The van der Waals surface area contributed by atoms with Crippen molar-refractivity contribution in [1.29, 1.82) is 0 Å². The Morgan fingerprint density at radius 2 is 1.49 bits per heavy atom.